The maximum atomic E-state index is 11.0. The Bertz CT molecular complexity index is 2740. The van der Waals surface area contributed by atoms with Gasteiger partial charge in [0.05, 0.1) is 22.4 Å². The first-order chi connectivity index (χ1) is 29.0. The van der Waals surface area contributed by atoms with Crippen molar-refractivity contribution >= 4 is 33.8 Å². The van der Waals surface area contributed by atoms with Gasteiger partial charge in [-0.1, -0.05) is 140 Å². The average molecular weight is 816 g/mol. The zero-order valence-electron chi connectivity index (χ0n) is 32.0. The number of phenolic OH excluding ortho intramolecular Hbond substituents is 2. The van der Waals surface area contributed by atoms with Gasteiger partial charge in [0.25, 0.3) is 0 Å². The highest BCUT2D eigenvalue weighted by molar-refractivity contribution is 7.73. The molecule has 294 valence electrons. The summed E-state index contributed by atoms with van der Waals surface area (Å²) in [6.07, 6.45) is -1.20. The van der Waals surface area contributed by atoms with Crippen LogP contribution in [0.15, 0.2) is 176 Å². The Morgan fingerprint density at radius 1 is 0.610 bits per heavy atom. The molecule has 0 spiro atoms. The van der Waals surface area contributed by atoms with Crippen molar-refractivity contribution in [3.8, 4) is 28.7 Å². The first-order valence-electron chi connectivity index (χ1n) is 19.5. The van der Waals surface area contributed by atoms with E-state index in [4.69, 9.17) is 31.2 Å². The minimum Gasteiger partial charge on any atom is -0.504 e. The maximum Gasteiger partial charge on any atom is 0.163 e. The van der Waals surface area contributed by atoms with Gasteiger partial charge in [0.1, 0.15) is 42.1 Å². The Labute approximate surface area is 351 Å². The topological polar surface area (TPSA) is 82.3 Å². The highest BCUT2D eigenvalue weighted by atomic mass is 32.1. The summed E-state index contributed by atoms with van der Waals surface area (Å²) in [5.74, 6) is 1.13. The van der Waals surface area contributed by atoms with E-state index >= 15 is 0 Å². The van der Waals surface area contributed by atoms with Crippen LogP contribution in [-0.4, -0.2) is 20.9 Å². The van der Waals surface area contributed by atoms with Gasteiger partial charge in [-0.25, -0.2) is 0 Å². The number of hydrogen-bond donors (Lipinski definition) is 2. The predicted molar refractivity (Wildman–Crippen MR) is 234 cm³/mol. The molecule has 7 nitrogen and oxygen atoms in total. The zero-order chi connectivity index (χ0) is 40.2. The minimum atomic E-state index is -1.14. The Hall–Kier alpha value is -6.39. The number of nitrogens with zero attached hydrogens (tertiary/aromatic N) is 1. The molecule has 8 aromatic rings. The summed E-state index contributed by atoms with van der Waals surface area (Å²) < 4.78 is 32.0. The Morgan fingerprint density at radius 2 is 1.19 bits per heavy atom. The monoisotopic (exact) mass is 815 g/mol. The average Bonchev–Trinajstić information content (AvgIpc) is 3.62. The largest absolute Gasteiger partial charge is 0.504 e. The molecule has 9 rings (SSSR count). The lowest BCUT2D eigenvalue weighted by Crippen LogP contribution is -2.55. The summed E-state index contributed by atoms with van der Waals surface area (Å²) in [5.41, 5.74) is 5.18. The van der Waals surface area contributed by atoms with Crippen molar-refractivity contribution in [2.24, 2.45) is 0 Å². The SMILES string of the molecule is Oc1ccc([C@H]2Oc3cc(OCc4ccccc4)cc(OCc4ccccc4)c3C(Cc3ccccc3)(n3c(=S)sc4ccccc43)[C@H]2OCc2ccccc2)cc1O. The van der Waals surface area contributed by atoms with Crippen LogP contribution in [0.3, 0.4) is 0 Å². The number of fused-ring (bicyclic) bond motifs is 2. The Morgan fingerprint density at radius 3 is 1.83 bits per heavy atom. The normalized spacial score (nSPS) is 17.2. The van der Waals surface area contributed by atoms with E-state index in [1.807, 2.05) is 133 Å². The third kappa shape index (κ3) is 7.80. The molecule has 0 amide bonds. The minimum absolute atomic E-state index is 0.235. The molecule has 1 aliphatic heterocycles. The van der Waals surface area contributed by atoms with Crippen molar-refractivity contribution < 1.29 is 29.2 Å². The number of aromatic hydroxyl groups is 2. The van der Waals surface area contributed by atoms with Crippen LogP contribution >= 0.6 is 23.6 Å². The lowest BCUT2D eigenvalue weighted by atomic mass is 9.72. The fourth-order valence-electron chi connectivity index (χ4n) is 8.05. The van der Waals surface area contributed by atoms with Crippen molar-refractivity contribution in [3.63, 3.8) is 0 Å². The van der Waals surface area contributed by atoms with Crippen molar-refractivity contribution in [1.29, 1.82) is 0 Å². The lowest BCUT2D eigenvalue weighted by molar-refractivity contribution is -0.105. The van der Waals surface area contributed by atoms with Gasteiger partial charge in [-0.05, 0) is 64.3 Å². The van der Waals surface area contributed by atoms with Gasteiger partial charge in [0.15, 0.2) is 21.6 Å². The Kier molecular flexibility index (Phi) is 10.9. The number of para-hydroxylation sites is 1. The molecule has 2 N–H and O–H groups in total. The summed E-state index contributed by atoms with van der Waals surface area (Å²) in [5, 5.41) is 21.5. The molecular formula is C50H41NO6S2. The van der Waals surface area contributed by atoms with E-state index in [-0.39, 0.29) is 24.7 Å². The molecule has 0 aliphatic carbocycles. The number of hydrogen-bond acceptors (Lipinski definition) is 8. The van der Waals surface area contributed by atoms with Gasteiger partial charge in [-0.15, -0.1) is 11.3 Å². The standard InChI is InChI=1S/C50H41NO6S2/c52-41-26-25-38(27-42(41)53)47-48(56-33-37-21-11-4-12-22-37)50(30-34-15-5-1-6-16-34,51-40-23-13-14-24-45(40)59-49(51)58)46-43(55-32-36-19-9-3-10-20-36)28-39(29-44(46)57-47)54-31-35-17-7-2-8-18-35/h1-29,47-48,52-53H,30-33H2/t47-,48+,50?/m1/s1. The summed E-state index contributed by atoms with van der Waals surface area (Å²) in [7, 11) is 0. The summed E-state index contributed by atoms with van der Waals surface area (Å²) in [6.45, 7) is 0.845. The second-order valence-corrected chi connectivity index (χ2v) is 16.3. The van der Waals surface area contributed by atoms with Crippen LogP contribution < -0.4 is 14.2 Å². The van der Waals surface area contributed by atoms with E-state index in [1.165, 1.54) is 6.07 Å². The first-order valence-corrected chi connectivity index (χ1v) is 20.7. The van der Waals surface area contributed by atoms with Gasteiger partial charge >= 0.3 is 0 Å². The van der Waals surface area contributed by atoms with Crippen LogP contribution in [0.1, 0.15) is 39.5 Å². The van der Waals surface area contributed by atoms with Crippen LogP contribution in [0.25, 0.3) is 10.2 Å². The second kappa shape index (κ2) is 16.8. The van der Waals surface area contributed by atoms with E-state index in [9.17, 15) is 10.2 Å². The quantitative estimate of drug-likeness (QED) is 0.0886. The molecule has 9 heteroatoms. The van der Waals surface area contributed by atoms with E-state index in [0.717, 1.165) is 38.0 Å². The van der Waals surface area contributed by atoms with Crippen LogP contribution in [0.5, 0.6) is 28.7 Å². The maximum absolute atomic E-state index is 11.0. The highest BCUT2D eigenvalue weighted by Crippen LogP contribution is 2.57. The van der Waals surface area contributed by atoms with Crippen LogP contribution in [0.2, 0.25) is 0 Å². The number of benzene rings is 7. The summed E-state index contributed by atoms with van der Waals surface area (Å²) >= 11 is 7.97. The van der Waals surface area contributed by atoms with E-state index in [0.29, 0.717) is 39.8 Å². The molecule has 0 fully saturated rings. The van der Waals surface area contributed by atoms with Crippen molar-refractivity contribution in [3.05, 3.63) is 213 Å². The Balaban J connectivity index is 1.35. The first kappa shape index (κ1) is 38.1. The zero-order valence-corrected chi connectivity index (χ0v) is 33.7. The molecular weight excluding hydrogens is 775 g/mol. The second-order valence-electron chi connectivity index (χ2n) is 14.6. The molecule has 3 atom stereocenters. The van der Waals surface area contributed by atoms with Crippen molar-refractivity contribution in [1.82, 2.24) is 4.57 Å². The van der Waals surface area contributed by atoms with E-state index in [2.05, 4.69) is 28.8 Å². The van der Waals surface area contributed by atoms with Crippen molar-refractivity contribution in [2.45, 2.75) is 44.0 Å². The molecule has 1 unspecified atom stereocenters. The van der Waals surface area contributed by atoms with Crippen LogP contribution in [0, 0.1) is 3.95 Å². The molecule has 0 saturated heterocycles. The highest BCUT2D eigenvalue weighted by Gasteiger charge is 2.56. The molecule has 0 radical (unpaired) electrons. The molecule has 2 heterocycles. The summed E-state index contributed by atoms with van der Waals surface area (Å²) in [6, 6.07) is 57.3. The third-order valence-corrected chi connectivity index (χ3v) is 12.1. The smallest absolute Gasteiger partial charge is 0.163 e. The molecule has 0 saturated carbocycles. The van der Waals surface area contributed by atoms with Gasteiger partial charge < -0.3 is 33.7 Å². The van der Waals surface area contributed by atoms with E-state index in [1.54, 1.807) is 23.5 Å². The van der Waals surface area contributed by atoms with Crippen LogP contribution in [-0.2, 0) is 36.5 Å². The fraction of sp³-hybridized carbons (Fsp3) is 0.140. The van der Waals surface area contributed by atoms with E-state index < -0.39 is 17.7 Å². The number of rotatable bonds is 13. The number of ether oxygens (including phenoxy) is 4. The number of aromatic nitrogens is 1. The fourth-order valence-corrected chi connectivity index (χ4v) is 9.54. The lowest BCUT2D eigenvalue weighted by Gasteiger charge is -2.50. The number of phenols is 2. The molecule has 59 heavy (non-hydrogen) atoms. The van der Waals surface area contributed by atoms with Gasteiger partial charge in [0, 0.05) is 18.6 Å². The molecule has 7 aromatic carbocycles. The summed E-state index contributed by atoms with van der Waals surface area (Å²) in [4.78, 5) is 0. The van der Waals surface area contributed by atoms with Gasteiger partial charge in [0.2, 0.25) is 0 Å². The predicted octanol–water partition coefficient (Wildman–Crippen LogP) is 11.7. The van der Waals surface area contributed by atoms with Crippen molar-refractivity contribution in [2.75, 3.05) is 0 Å². The van der Waals surface area contributed by atoms with Crippen LogP contribution in [0.4, 0.5) is 0 Å². The van der Waals surface area contributed by atoms with Gasteiger partial charge in [-0.3, -0.25) is 0 Å². The third-order valence-electron chi connectivity index (χ3n) is 10.8. The number of thiazole rings is 1. The van der Waals surface area contributed by atoms with Gasteiger partial charge in [-0.2, -0.15) is 0 Å². The molecule has 1 aromatic heterocycles. The molecule has 1 aliphatic rings. The molecule has 0 bridgehead atoms.